The van der Waals surface area contributed by atoms with Crippen LogP contribution in [-0.4, -0.2) is 44.6 Å². The zero-order valence-corrected chi connectivity index (χ0v) is 13.6. The van der Waals surface area contributed by atoms with Crippen LogP contribution in [0.4, 0.5) is 0 Å². The van der Waals surface area contributed by atoms with Crippen molar-refractivity contribution in [2.75, 3.05) is 19.6 Å². The van der Waals surface area contributed by atoms with E-state index in [4.69, 9.17) is 5.11 Å². The predicted octanol–water partition coefficient (Wildman–Crippen LogP) is 2.51. The summed E-state index contributed by atoms with van der Waals surface area (Å²) in [5.41, 5.74) is 3.26. The van der Waals surface area contributed by atoms with Gasteiger partial charge in [0.1, 0.15) is 5.69 Å². The van der Waals surface area contributed by atoms with Crippen LogP contribution in [0.15, 0.2) is 42.1 Å². The van der Waals surface area contributed by atoms with E-state index >= 15 is 0 Å². The molecule has 1 aromatic heterocycles. The zero-order chi connectivity index (χ0) is 16.1. The molecule has 0 bridgehead atoms. The Morgan fingerprint density at radius 3 is 2.91 bits per heavy atom. The number of benzene rings is 1. The van der Waals surface area contributed by atoms with E-state index < -0.39 is 0 Å². The fourth-order valence-electron chi connectivity index (χ4n) is 3.19. The molecular formula is C18H24N4O. The van der Waals surface area contributed by atoms with Crippen LogP contribution in [0.2, 0.25) is 0 Å². The van der Waals surface area contributed by atoms with Crippen molar-refractivity contribution in [3.05, 3.63) is 53.4 Å². The monoisotopic (exact) mass is 312 g/mol. The number of aliphatic hydroxyl groups excluding tert-OH is 1. The molecule has 1 aliphatic rings. The highest BCUT2D eigenvalue weighted by Gasteiger charge is 2.22. The van der Waals surface area contributed by atoms with Crippen molar-refractivity contribution in [3.8, 4) is 0 Å². The van der Waals surface area contributed by atoms with Gasteiger partial charge in [-0.1, -0.05) is 47.2 Å². The van der Waals surface area contributed by atoms with Crippen LogP contribution in [0, 0.1) is 0 Å². The summed E-state index contributed by atoms with van der Waals surface area (Å²) in [7, 11) is 0. The summed E-state index contributed by atoms with van der Waals surface area (Å²) in [6.45, 7) is 5.23. The van der Waals surface area contributed by atoms with Gasteiger partial charge in [0.2, 0.25) is 0 Å². The second-order valence-electron chi connectivity index (χ2n) is 6.28. The minimum atomic E-state index is -0.0463. The van der Waals surface area contributed by atoms with Gasteiger partial charge in [-0.05, 0) is 31.9 Å². The lowest BCUT2D eigenvalue weighted by Gasteiger charge is -2.32. The molecule has 2 aromatic rings. The van der Waals surface area contributed by atoms with Gasteiger partial charge in [-0.3, -0.25) is 4.90 Å². The van der Waals surface area contributed by atoms with Crippen molar-refractivity contribution >= 4 is 6.08 Å². The first-order chi connectivity index (χ1) is 11.2. The van der Waals surface area contributed by atoms with E-state index in [2.05, 4.69) is 52.5 Å². The first-order valence-corrected chi connectivity index (χ1v) is 8.21. The molecule has 0 radical (unpaired) electrons. The van der Waals surface area contributed by atoms with Crippen molar-refractivity contribution in [2.45, 2.75) is 32.4 Å². The maximum Gasteiger partial charge on any atom is 0.108 e. The van der Waals surface area contributed by atoms with E-state index in [9.17, 15) is 0 Å². The molecule has 1 aromatic carbocycles. The maximum absolute atomic E-state index is 9.13. The topological polar surface area (TPSA) is 54.2 Å². The van der Waals surface area contributed by atoms with Gasteiger partial charge in [-0.15, -0.1) is 5.10 Å². The molecule has 0 saturated carbocycles. The largest absolute Gasteiger partial charge is 0.390 e. The third-order valence-corrected chi connectivity index (χ3v) is 4.26. The lowest BCUT2D eigenvalue weighted by atomic mass is 10.0. The van der Waals surface area contributed by atoms with Gasteiger partial charge in [-0.2, -0.15) is 0 Å². The number of aliphatic hydroxyl groups is 1. The van der Waals surface area contributed by atoms with Gasteiger partial charge in [0.05, 0.1) is 18.8 Å². The Morgan fingerprint density at radius 2 is 2.17 bits per heavy atom. The Labute approximate surface area is 137 Å². The smallest absolute Gasteiger partial charge is 0.108 e. The summed E-state index contributed by atoms with van der Waals surface area (Å²) in [5.74, 6) is 0. The minimum Gasteiger partial charge on any atom is -0.390 e. The molecule has 122 valence electrons. The Kier molecular flexibility index (Phi) is 5.20. The predicted molar refractivity (Wildman–Crippen MR) is 90.7 cm³/mol. The summed E-state index contributed by atoms with van der Waals surface area (Å²) >= 11 is 0. The summed E-state index contributed by atoms with van der Waals surface area (Å²) in [6, 6.07) is 10.8. The Bertz CT molecular complexity index is 650. The standard InChI is InChI=1S/C18H24N4O/c1-15(10-16-6-3-2-4-7-16)11-21-9-5-8-18(13-21)22-12-17(14-23)19-20-22/h2-4,6-7,10,12,18,23H,5,8-9,11,13-14H2,1H3/t18-/m0/s1. The van der Waals surface area contributed by atoms with E-state index in [1.54, 1.807) is 0 Å². The number of piperidine rings is 1. The Hall–Kier alpha value is -1.98. The summed E-state index contributed by atoms with van der Waals surface area (Å²) < 4.78 is 1.91. The number of hydrogen-bond donors (Lipinski definition) is 1. The second-order valence-corrected chi connectivity index (χ2v) is 6.28. The van der Waals surface area contributed by atoms with Crippen LogP contribution < -0.4 is 0 Å². The van der Waals surface area contributed by atoms with Gasteiger partial charge < -0.3 is 5.11 Å². The third-order valence-electron chi connectivity index (χ3n) is 4.26. The van der Waals surface area contributed by atoms with Crippen LogP contribution in [0.3, 0.4) is 0 Å². The molecule has 0 amide bonds. The van der Waals surface area contributed by atoms with E-state index in [0.29, 0.717) is 11.7 Å². The first-order valence-electron chi connectivity index (χ1n) is 8.21. The number of hydrogen-bond acceptors (Lipinski definition) is 4. The normalized spacial score (nSPS) is 19.9. The van der Waals surface area contributed by atoms with E-state index in [1.807, 2.05) is 16.9 Å². The van der Waals surface area contributed by atoms with E-state index in [0.717, 1.165) is 32.5 Å². The van der Waals surface area contributed by atoms with Gasteiger partial charge in [-0.25, -0.2) is 4.68 Å². The fourth-order valence-corrected chi connectivity index (χ4v) is 3.19. The highest BCUT2D eigenvalue weighted by atomic mass is 16.3. The third kappa shape index (κ3) is 4.27. The summed E-state index contributed by atoms with van der Waals surface area (Å²) in [6.07, 6.45) is 6.40. The highest BCUT2D eigenvalue weighted by Crippen LogP contribution is 2.22. The van der Waals surface area contributed by atoms with Crippen LogP contribution in [0.5, 0.6) is 0 Å². The molecule has 1 N–H and O–H groups in total. The van der Waals surface area contributed by atoms with E-state index in [1.165, 1.54) is 11.1 Å². The quantitative estimate of drug-likeness (QED) is 0.922. The molecule has 1 atom stereocenters. The molecule has 23 heavy (non-hydrogen) atoms. The molecular weight excluding hydrogens is 288 g/mol. The molecule has 5 nitrogen and oxygen atoms in total. The van der Waals surface area contributed by atoms with Gasteiger partial charge >= 0.3 is 0 Å². The fraction of sp³-hybridized carbons (Fsp3) is 0.444. The average molecular weight is 312 g/mol. The molecule has 0 aliphatic carbocycles. The van der Waals surface area contributed by atoms with Crippen LogP contribution in [-0.2, 0) is 6.61 Å². The molecule has 0 unspecified atom stereocenters. The number of nitrogens with zero attached hydrogens (tertiary/aromatic N) is 4. The van der Waals surface area contributed by atoms with Crippen molar-refractivity contribution in [1.29, 1.82) is 0 Å². The number of aromatic nitrogens is 3. The minimum absolute atomic E-state index is 0.0463. The van der Waals surface area contributed by atoms with Gasteiger partial charge in [0.25, 0.3) is 0 Å². The number of rotatable bonds is 5. The molecule has 5 heteroatoms. The highest BCUT2D eigenvalue weighted by molar-refractivity contribution is 5.52. The molecule has 1 fully saturated rings. The molecule has 1 aliphatic heterocycles. The van der Waals surface area contributed by atoms with Crippen molar-refractivity contribution in [3.63, 3.8) is 0 Å². The maximum atomic E-state index is 9.13. The summed E-state index contributed by atoms with van der Waals surface area (Å²) in [4.78, 5) is 2.48. The second kappa shape index (κ2) is 7.53. The molecule has 2 heterocycles. The van der Waals surface area contributed by atoms with Crippen LogP contribution in [0.25, 0.3) is 6.08 Å². The molecule has 0 spiro atoms. The van der Waals surface area contributed by atoms with Crippen molar-refractivity contribution < 1.29 is 5.11 Å². The zero-order valence-electron chi connectivity index (χ0n) is 13.6. The van der Waals surface area contributed by atoms with Crippen molar-refractivity contribution in [2.24, 2.45) is 0 Å². The van der Waals surface area contributed by atoms with Crippen molar-refractivity contribution in [1.82, 2.24) is 19.9 Å². The summed E-state index contributed by atoms with van der Waals surface area (Å²) in [5, 5.41) is 17.3. The first kappa shape index (κ1) is 15.9. The lowest BCUT2D eigenvalue weighted by Crippen LogP contribution is -2.37. The Morgan fingerprint density at radius 1 is 1.35 bits per heavy atom. The van der Waals surface area contributed by atoms with Crippen LogP contribution in [0.1, 0.15) is 37.1 Å². The molecule has 3 rings (SSSR count). The van der Waals surface area contributed by atoms with Gasteiger partial charge in [0, 0.05) is 13.1 Å². The lowest BCUT2D eigenvalue weighted by molar-refractivity contribution is 0.180. The Balaban J connectivity index is 1.61. The number of likely N-dealkylation sites (tertiary alicyclic amines) is 1. The van der Waals surface area contributed by atoms with Crippen LogP contribution >= 0.6 is 0 Å². The molecule has 1 saturated heterocycles. The SMILES string of the molecule is CC(=Cc1ccccc1)CN1CCC[C@H](n2cc(CO)nn2)C1. The van der Waals surface area contributed by atoms with E-state index in [-0.39, 0.29) is 6.61 Å². The van der Waals surface area contributed by atoms with Gasteiger partial charge in [0.15, 0.2) is 0 Å². The average Bonchev–Trinajstić information content (AvgIpc) is 3.05.